The number of ether oxygens (including phenoxy) is 2. The van der Waals surface area contributed by atoms with Gasteiger partial charge in [0.25, 0.3) is 0 Å². The van der Waals surface area contributed by atoms with E-state index in [9.17, 15) is 14.0 Å². The van der Waals surface area contributed by atoms with Gasteiger partial charge in [0.1, 0.15) is 17.5 Å². The molecular formula is C27H33FN4O4. The summed E-state index contributed by atoms with van der Waals surface area (Å²) in [5, 5.41) is 0. The van der Waals surface area contributed by atoms with Crippen LogP contribution in [0.4, 0.5) is 25.4 Å². The van der Waals surface area contributed by atoms with Gasteiger partial charge in [-0.1, -0.05) is 30.3 Å². The van der Waals surface area contributed by atoms with Crippen LogP contribution in [0.2, 0.25) is 0 Å². The number of amides is 2. The Morgan fingerprint density at radius 3 is 2.42 bits per heavy atom. The maximum atomic E-state index is 14.2. The molecule has 36 heavy (non-hydrogen) atoms. The zero-order valence-corrected chi connectivity index (χ0v) is 20.9. The van der Waals surface area contributed by atoms with E-state index in [-0.39, 0.29) is 30.5 Å². The number of fused-ring (bicyclic) bond motifs is 1. The quantitative estimate of drug-likeness (QED) is 0.651. The number of carbonyl (C=O) groups is 2. The first kappa shape index (κ1) is 24.4. The van der Waals surface area contributed by atoms with Crippen LogP contribution in [0.5, 0.6) is 0 Å². The smallest absolute Gasteiger partial charge is 0.414 e. The van der Waals surface area contributed by atoms with Gasteiger partial charge in [-0.25, -0.2) is 14.0 Å². The fourth-order valence-electron chi connectivity index (χ4n) is 5.37. The Hall–Kier alpha value is -3.33. The van der Waals surface area contributed by atoms with Crippen LogP contribution in [0.15, 0.2) is 48.5 Å². The molecule has 2 aromatic rings. The third kappa shape index (κ3) is 4.84. The molecule has 2 unspecified atom stereocenters. The molecule has 2 amide bonds. The molecule has 9 heteroatoms. The Balaban J connectivity index is 1.33. The molecule has 0 bridgehead atoms. The molecule has 3 fully saturated rings. The molecule has 1 aliphatic carbocycles. The van der Waals surface area contributed by atoms with E-state index in [1.54, 1.807) is 6.07 Å². The van der Waals surface area contributed by atoms with Gasteiger partial charge < -0.3 is 25.0 Å². The van der Waals surface area contributed by atoms with E-state index in [1.165, 1.54) is 17.0 Å². The van der Waals surface area contributed by atoms with E-state index in [1.807, 2.05) is 56.0 Å². The normalized spacial score (nSPS) is 25.0. The van der Waals surface area contributed by atoms with Gasteiger partial charge in [-0.15, -0.1) is 0 Å². The zero-order valence-electron chi connectivity index (χ0n) is 20.9. The fourth-order valence-corrected chi connectivity index (χ4v) is 5.37. The van der Waals surface area contributed by atoms with Gasteiger partial charge in [0.2, 0.25) is 0 Å². The van der Waals surface area contributed by atoms with Gasteiger partial charge in [-0.2, -0.15) is 0 Å². The number of cyclic esters (lactones) is 1. The van der Waals surface area contributed by atoms with Gasteiger partial charge in [0, 0.05) is 44.1 Å². The molecule has 0 spiro atoms. The fraction of sp³-hybridized carbons (Fsp3) is 0.481. The minimum Gasteiger partial charge on any atom is -0.444 e. The summed E-state index contributed by atoms with van der Waals surface area (Å²) in [7, 11) is 0. The molecule has 0 aromatic heterocycles. The summed E-state index contributed by atoms with van der Waals surface area (Å²) >= 11 is 0. The highest BCUT2D eigenvalue weighted by Gasteiger charge is 2.60. The van der Waals surface area contributed by atoms with Gasteiger partial charge in [0.05, 0.1) is 17.9 Å². The maximum Gasteiger partial charge on any atom is 0.414 e. The molecule has 2 aromatic carbocycles. The number of hydrogen-bond acceptors (Lipinski definition) is 6. The number of hydrogen-bond donors (Lipinski definition) is 1. The standard InChI is InChI=1S/C27H33FN4O4/c1-27(2,3)36-26(34)32(13-17-7-5-4-6-8-17)24-20-15-30(16-21(20)24)22-10-9-18(28)11-23(22)31-14-19(12-29)35-25(31)33/h4-11,19-21,24H,12-16,29H2,1-3H3/t19-,20-,21?,24?/m1/s1. The summed E-state index contributed by atoms with van der Waals surface area (Å²) in [5.74, 6) is 0.113. The lowest BCUT2D eigenvalue weighted by Crippen LogP contribution is -2.41. The van der Waals surface area contributed by atoms with Crippen LogP contribution < -0.4 is 15.5 Å². The van der Waals surface area contributed by atoms with Crippen molar-refractivity contribution in [2.24, 2.45) is 17.6 Å². The highest BCUT2D eigenvalue weighted by Crippen LogP contribution is 2.52. The van der Waals surface area contributed by atoms with Gasteiger partial charge in [-0.3, -0.25) is 4.90 Å². The average Bonchev–Trinajstić information content (AvgIpc) is 3.14. The summed E-state index contributed by atoms with van der Waals surface area (Å²) in [6.45, 7) is 8.00. The number of nitrogens with zero attached hydrogens (tertiary/aromatic N) is 3. The first-order valence-corrected chi connectivity index (χ1v) is 12.4. The SMILES string of the molecule is CC(C)(C)OC(=O)N(Cc1ccccc1)C1C2CN(c3ccc(F)cc3N3C[C@@H](CN)OC3=O)C[C@H]21. The largest absolute Gasteiger partial charge is 0.444 e. The minimum absolute atomic E-state index is 0.0681. The molecule has 0 radical (unpaired) electrons. The first-order chi connectivity index (χ1) is 17.1. The lowest BCUT2D eigenvalue weighted by atomic mass is 10.2. The molecular weight excluding hydrogens is 463 g/mol. The summed E-state index contributed by atoms with van der Waals surface area (Å²) in [4.78, 5) is 31.1. The monoisotopic (exact) mass is 496 g/mol. The number of benzene rings is 2. The van der Waals surface area contributed by atoms with Crippen LogP contribution in [0.25, 0.3) is 0 Å². The molecule has 2 aliphatic heterocycles. The van der Waals surface area contributed by atoms with Gasteiger partial charge >= 0.3 is 12.2 Å². The topological polar surface area (TPSA) is 88.3 Å². The second-order valence-electron chi connectivity index (χ2n) is 10.8. The Labute approximate surface area is 210 Å². The molecule has 2 saturated heterocycles. The number of carbonyl (C=O) groups excluding carboxylic acids is 2. The number of nitrogens with two attached hydrogens (primary N) is 1. The number of piperidine rings is 1. The average molecular weight is 497 g/mol. The summed E-state index contributed by atoms with van der Waals surface area (Å²) in [5.41, 5.74) is 7.41. The lowest BCUT2D eigenvalue weighted by molar-refractivity contribution is 0.0195. The van der Waals surface area contributed by atoms with E-state index in [4.69, 9.17) is 15.2 Å². The van der Waals surface area contributed by atoms with Crippen molar-refractivity contribution in [1.82, 2.24) is 4.90 Å². The van der Waals surface area contributed by atoms with E-state index in [0.29, 0.717) is 31.9 Å². The van der Waals surface area contributed by atoms with Crippen molar-refractivity contribution >= 4 is 23.6 Å². The van der Waals surface area contributed by atoms with Crippen LogP contribution in [0.1, 0.15) is 26.3 Å². The van der Waals surface area contributed by atoms with Crippen LogP contribution in [0.3, 0.4) is 0 Å². The predicted octanol–water partition coefficient (Wildman–Crippen LogP) is 3.98. The second kappa shape index (κ2) is 9.28. The molecule has 4 atom stereocenters. The highest BCUT2D eigenvalue weighted by molar-refractivity contribution is 5.94. The van der Waals surface area contributed by atoms with Crippen molar-refractivity contribution < 1.29 is 23.5 Å². The van der Waals surface area contributed by atoms with E-state index >= 15 is 0 Å². The van der Waals surface area contributed by atoms with E-state index < -0.39 is 23.6 Å². The zero-order chi connectivity index (χ0) is 25.6. The van der Waals surface area contributed by atoms with E-state index in [0.717, 1.165) is 11.3 Å². The van der Waals surface area contributed by atoms with Crippen molar-refractivity contribution in [1.29, 1.82) is 0 Å². The van der Waals surface area contributed by atoms with Crippen LogP contribution >= 0.6 is 0 Å². The molecule has 5 rings (SSSR count). The van der Waals surface area contributed by atoms with Crippen molar-refractivity contribution in [3.63, 3.8) is 0 Å². The first-order valence-electron chi connectivity index (χ1n) is 12.4. The Kier molecular flexibility index (Phi) is 6.28. The Morgan fingerprint density at radius 1 is 1.11 bits per heavy atom. The Morgan fingerprint density at radius 2 is 1.81 bits per heavy atom. The molecule has 3 aliphatic rings. The van der Waals surface area contributed by atoms with Crippen molar-refractivity contribution in [2.75, 3.05) is 36.0 Å². The third-order valence-electron chi connectivity index (χ3n) is 7.04. The number of anilines is 2. The lowest BCUT2D eigenvalue weighted by Gasteiger charge is -2.32. The van der Waals surface area contributed by atoms with Crippen molar-refractivity contribution in [3.05, 3.63) is 59.9 Å². The number of rotatable bonds is 6. The molecule has 192 valence electrons. The van der Waals surface area contributed by atoms with Gasteiger partial charge in [0.15, 0.2) is 0 Å². The molecule has 2 N–H and O–H groups in total. The number of halogens is 1. The van der Waals surface area contributed by atoms with Crippen molar-refractivity contribution in [3.8, 4) is 0 Å². The van der Waals surface area contributed by atoms with Crippen LogP contribution in [-0.4, -0.2) is 61.0 Å². The Bertz CT molecular complexity index is 1130. The second-order valence-corrected chi connectivity index (χ2v) is 10.8. The summed E-state index contributed by atoms with van der Waals surface area (Å²) in [6, 6.07) is 14.5. The molecule has 2 heterocycles. The van der Waals surface area contributed by atoms with Crippen LogP contribution in [0, 0.1) is 17.7 Å². The summed E-state index contributed by atoms with van der Waals surface area (Å²) < 4.78 is 25.2. The summed E-state index contributed by atoms with van der Waals surface area (Å²) in [6.07, 6.45) is -1.24. The maximum absolute atomic E-state index is 14.2. The van der Waals surface area contributed by atoms with Crippen molar-refractivity contribution in [2.45, 2.75) is 45.1 Å². The molecule has 8 nitrogen and oxygen atoms in total. The van der Waals surface area contributed by atoms with Gasteiger partial charge in [-0.05, 0) is 44.5 Å². The van der Waals surface area contributed by atoms with E-state index in [2.05, 4.69) is 4.90 Å². The molecule has 1 saturated carbocycles. The third-order valence-corrected chi connectivity index (χ3v) is 7.04. The highest BCUT2D eigenvalue weighted by atomic mass is 19.1. The minimum atomic E-state index is -0.587. The van der Waals surface area contributed by atoms with Crippen LogP contribution in [-0.2, 0) is 16.0 Å². The predicted molar refractivity (Wildman–Crippen MR) is 134 cm³/mol.